The molecule has 1 aromatic rings. The Morgan fingerprint density at radius 1 is 1.42 bits per heavy atom. The molecule has 1 aliphatic rings. The van der Waals surface area contributed by atoms with Crippen LogP contribution in [0, 0.1) is 6.92 Å². The van der Waals surface area contributed by atoms with E-state index in [-0.39, 0.29) is 17.4 Å². The second kappa shape index (κ2) is 5.34. The van der Waals surface area contributed by atoms with E-state index >= 15 is 0 Å². The van der Waals surface area contributed by atoms with Crippen molar-refractivity contribution in [1.29, 1.82) is 0 Å². The molecule has 0 saturated heterocycles. The highest BCUT2D eigenvalue weighted by Gasteiger charge is 2.35. The van der Waals surface area contributed by atoms with Gasteiger partial charge < -0.3 is 9.30 Å². The minimum absolute atomic E-state index is 0.192. The maximum atomic E-state index is 11.8. The maximum absolute atomic E-state index is 11.8. The first-order chi connectivity index (χ1) is 8.94. The quantitative estimate of drug-likeness (QED) is 0.813. The van der Waals surface area contributed by atoms with Gasteiger partial charge in [0.2, 0.25) is 10.0 Å². The highest BCUT2D eigenvalue weighted by Crippen LogP contribution is 2.27. The Kier molecular flexibility index (Phi) is 3.96. The Morgan fingerprint density at radius 2 is 2.11 bits per heavy atom. The van der Waals surface area contributed by atoms with Crippen molar-refractivity contribution in [2.24, 2.45) is 0 Å². The van der Waals surface area contributed by atoms with Crippen molar-refractivity contribution >= 4 is 10.0 Å². The van der Waals surface area contributed by atoms with Crippen LogP contribution in [0.25, 0.3) is 0 Å². The van der Waals surface area contributed by atoms with Gasteiger partial charge in [-0.3, -0.25) is 4.79 Å². The molecule has 0 aliphatic heterocycles. The lowest BCUT2D eigenvalue weighted by atomic mass is 10.3. The Bertz CT molecular complexity index is 617. The lowest BCUT2D eigenvalue weighted by Crippen LogP contribution is -2.33. The number of hydrogen-bond donors (Lipinski definition) is 1. The van der Waals surface area contributed by atoms with Crippen LogP contribution >= 0.6 is 0 Å². The summed E-state index contributed by atoms with van der Waals surface area (Å²) in [5.41, 5.74) is 0.553. The second-order valence-corrected chi connectivity index (χ2v) is 6.71. The minimum Gasteiger partial charge on any atom is -0.496 e. The summed E-state index contributed by atoms with van der Waals surface area (Å²) in [6.45, 7) is 2.34. The van der Waals surface area contributed by atoms with Gasteiger partial charge in [-0.2, -0.15) is 0 Å². The third-order valence-electron chi connectivity index (χ3n) is 3.15. The molecule has 0 atom stereocenters. The molecule has 0 unspecified atom stereocenters. The molecular weight excluding hydrogens is 268 g/mol. The predicted molar refractivity (Wildman–Crippen MR) is 71.9 cm³/mol. The molecule has 1 saturated carbocycles. The molecule has 2 rings (SSSR count). The van der Waals surface area contributed by atoms with Crippen molar-refractivity contribution in [3.8, 4) is 5.75 Å². The van der Waals surface area contributed by atoms with E-state index < -0.39 is 10.0 Å². The fourth-order valence-electron chi connectivity index (χ4n) is 1.90. The number of ether oxygens (including phenoxy) is 1. The number of pyridine rings is 1. The highest BCUT2D eigenvalue weighted by molar-refractivity contribution is 7.90. The largest absolute Gasteiger partial charge is 0.496 e. The smallest absolute Gasteiger partial charge is 0.254 e. The van der Waals surface area contributed by atoms with Crippen molar-refractivity contribution in [3.63, 3.8) is 0 Å². The van der Waals surface area contributed by atoms with E-state index in [0.29, 0.717) is 12.3 Å². The van der Waals surface area contributed by atoms with Crippen molar-refractivity contribution < 1.29 is 13.2 Å². The van der Waals surface area contributed by atoms with E-state index in [9.17, 15) is 13.2 Å². The molecule has 0 radical (unpaired) electrons. The number of nitrogens with zero attached hydrogens (tertiary/aromatic N) is 1. The number of rotatable bonds is 6. The van der Waals surface area contributed by atoms with Gasteiger partial charge in [0.25, 0.3) is 5.56 Å². The number of aryl methyl sites for hydroxylation is 1. The van der Waals surface area contributed by atoms with Crippen LogP contribution in [0.3, 0.4) is 0 Å². The minimum atomic E-state index is -3.19. The van der Waals surface area contributed by atoms with E-state index in [1.54, 1.807) is 13.0 Å². The molecule has 106 valence electrons. The van der Waals surface area contributed by atoms with Crippen LogP contribution < -0.4 is 15.0 Å². The summed E-state index contributed by atoms with van der Waals surface area (Å²) in [6.07, 6.45) is 1.47. The monoisotopic (exact) mass is 286 g/mol. The fraction of sp³-hybridized carbons (Fsp3) is 0.583. The van der Waals surface area contributed by atoms with E-state index in [4.69, 9.17) is 4.74 Å². The summed E-state index contributed by atoms with van der Waals surface area (Å²) in [5.74, 6) is 0.511. The van der Waals surface area contributed by atoms with Crippen LogP contribution in [-0.2, 0) is 16.6 Å². The number of nitrogens with one attached hydrogen (secondary N) is 1. The molecule has 1 N–H and O–H groups in total. The van der Waals surface area contributed by atoms with Crippen LogP contribution in [0.4, 0.5) is 0 Å². The molecule has 1 aromatic heterocycles. The van der Waals surface area contributed by atoms with Crippen molar-refractivity contribution in [2.75, 3.05) is 13.7 Å². The Balaban J connectivity index is 2.02. The molecule has 1 heterocycles. The Hall–Kier alpha value is -1.34. The van der Waals surface area contributed by atoms with Gasteiger partial charge in [-0.15, -0.1) is 0 Å². The standard InChI is InChI=1S/C12H18N2O4S/c1-9-7-10(18-2)8-12(15)14(9)6-5-13-19(16,17)11-3-4-11/h7-8,11,13H,3-6H2,1-2H3. The molecule has 0 amide bonds. The summed E-state index contributed by atoms with van der Waals surface area (Å²) in [6, 6.07) is 3.14. The molecule has 0 spiro atoms. The van der Waals surface area contributed by atoms with Crippen molar-refractivity contribution in [3.05, 3.63) is 28.2 Å². The van der Waals surface area contributed by atoms with Gasteiger partial charge in [-0.25, -0.2) is 13.1 Å². The molecule has 0 bridgehead atoms. The summed E-state index contributed by atoms with van der Waals surface area (Å²) >= 11 is 0. The van der Waals surface area contributed by atoms with Gasteiger partial charge in [0.1, 0.15) is 5.75 Å². The number of methoxy groups -OCH3 is 1. The topological polar surface area (TPSA) is 77.4 Å². The third kappa shape index (κ3) is 3.36. The zero-order chi connectivity index (χ0) is 14.0. The first-order valence-corrected chi connectivity index (χ1v) is 7.72. The number of sulfonamides is 1. The first-order valence-electron chi connectivity index (χ1n) is 6.18. The summed E-state index contributed by atoms with van der Waals surface area (Å²) in [5, 5.41) is -0.235. The predicted octanol–water partition coefficient (Wildman–Crippen LogP) is 0.247. The molecular formula is C12H18N2O4S. The first kappa shape index (κ1) is 14.1. The lowest BCUT2D eigenvalue weighted by molar-refractivity contribution is 0.411. The summed E-state index contributed by atoms with van der Waals surface area (Å²) in [7, 11) is -1.68. The van der Waals surface area contributed by atoms with Crippen LogP contribution in [0.5, 0.6) is 5.75 Å². The second-order valence-electron chi connectivity index (χ2n) is 4.67. The number of aromatic nitrogens is 1. The van der Waals surface area contributed by atoms with Crippen LogP contribution in [0.1, 0.15) is 18.5 Å². The maximum Gasteiger partial charge on any atom is 0.254 e. The van der Waals surface area contributed by atoms with E-state index in [1.165, 1.54) is 17.7 Å². The number of hydrogen-bond acceptors (Lipinski definition) is 4. The molecule has 1 fully saturated rings. The van der Waals surface area contributed by atoms with E-state index in [0.717, 1.165) is 18.5 Å². The van der Waals surface area contributed by atoms with Crippen molar-refractivity contribution in [2.45, 2.75) is 31.6 Å². The zero-order valence-corrected chi connectivity index (χ0v) is 11.9. The third-order valence-corrected chi connectivity index (χ3v) is 5.10. The fourth-order valence-corrected chi connectivity index (χ4v) is 3.27. The lowest BCUT2D eigenvalue weighted by Gasteiger charge is -2.12. The van der Waals surface area contributed by atoms with Gasteiger partial charge >= 0.3 is 0 Å². The summed E-state index contributed by atoms with van der Waals surface area (Å²) < 4.78 is 32.3. The highest BCUT2D eigenvalue weighted by atomic mass is 32.2. The molecule has 0 aromatic carbocycles. The van der Waals surface area contributed by atoms with Crippen LogP contribution in [0.15, 0.2) is 16.9 Å². The zero-order valence-electron chi connectivity index (χ0n) is 11.0. The van der Waals surface area contributed by atoms with Gasteiger partial charge in [0.05, 0.1) is 12.4 Å². The van der Waals surface area contributed by atoms with Gasteiger partial charge in [0.15, 0.2) is 0 Å². The van der Waals surface area contributed by atoms with Gasteiger partial charge in [-0.05, 0) is 25.8 Å². The van der Waals surface area contributed by atoms with Crippen LogP contribution in [-0.4, -0.2) is 31.9 Å². The average molecular weight is 286 g/mol. The average Bonchev–Trinajstić information content (AvgIpc) is 3.16. The molecule has 6 nitrogen and oxygen atoms in total. The SMILES string of the molecule is COc1cc(C)n(CCNS(=O)(=O)C2CC2)c(=O)c1. The van der Waals surface area contributed by atoms with Gasteiger partial charge in [-0.1, -0.05) is 0 Å². The molecule has 19 heavy (non-hydrogen) atoms. The van der Waals surface area contributed by atoms with Crippen molar-refractivity contribution in [1.82, 2.24) is 9.29 Å². The Morgan fingerprint density at radius 3 is 2.63 bits per heavy atom. The van der Waals surface area contributed by atoms with E-state index in [2.05, 4.69) is 4.72 Å². The Labute approximate surface area is 112 Å². The van der Waals surface area contributed by atoms with Crippen LogP contribution in [0.2, 0.25) is 0 Å². The normalized spacial score (nSPS) is 15.5. The summed E-state index contributed by atoms with van der Waals surface area (Å²) in [4.78, 5) is 11.8. The molecule has 7 heteroatoms. The van der Waals surface area contributed by atoms with E-state index in [1.807, 2.05) is 0 Å². The van der Waals surface area contributed by atoms with Gasteiger partial charge in [0, 0.05) is 24.8 Å². The molecule has 1 aliphatic carbocycles.